The first-order valence-corrected chi connectivity index (χ1v) is 12.0. The summed E-state index contributed by atoms with van der Waals surface area (Å²) < 4.78 is 35.7. The number of ether oxygens (including phenoxy) is 1. The Morgan fingerprint density at radius 2 is 1.72 bits per heavy atom. The van der Waals surface area contributed by atoms with Gasteiger partial charge in [-0.25, -0.2) is 8.42 Å². The third-order valence-corrected chi connectivity index (χ3v) is 7.42. The zero-order valence-electron chi connectivity index (χ0n) is 17.7. The van der Waals surface area contributed by atoms with Crippen LogP contribution in [0, 0.1) is 6.92 Å². The van der Waals surface area contributed by atoms with E-state index >= 15 is 0 Å². The van der Waals surface area contributed by atoms with E-state index in [1.807, 2.05) is 36.7 Å². The molecule has 4 aromatic rings. The van der Waals surface area contributed by atoms with E-state index in [-0.39, 0.29) is 4.90 Å². The number of fused-ring (bicyclic) bond motifs is 1. The van der Waals surface area contributed by atoms with Gasteiger partial charge in [-0.1, -0.05) is 29.0 Å². The zero-order chi connectivity index (χ0) is 22.9. The lowest BCUT2D eigenvalue weighted by molar-refractivity contribution is 0.0998. The Labute approximate surface area is 189 Å². The molecule has 0 saturated carbocycles. The average molecular weight is 468 g/mol. The molecule has 9 heteroatoms. The number of carbonyl (C=O) groups excluding carboxylic acids is 1. The number of sulfonamides is 1. The van der Waals surface area contributed by atoms with Crippen LogP contribution in [0.15, 0.2) is 76.6 Å². The molecule has 0 fully saturated rings. The van der Waals surface area contributed by atoms with Gasteiger partial charge in [-0.15, -0.1) is 0 Å². The van der Waals surface area contributed by atoms with E-state index in [4.69, 9.17) is 4.74 Å². The number of hydrogen-bond donors (Lipinski definition) is 1. The van der Waals surface area contributed by atoms with Gasteiger partial charge in [-0.3, -0.25) is 9.52 Å². The highest BCUT2D eigenvalue weighted by molar-refractivity contribution is 7.92. The second-order valence-electron chi connectivity index (χ2n) is 7.19. The number of benzene rings is 3. The number of methoxy groups -OCH3 is 1. The molecule has 0 atom stereocenters. The van der Waals surface area contributed by atoms with Crippen molar-refractivity contribution in [3.63, 3.8) is 0 Å². The van der Waals surface area contributed by atoms with Crippen LogP contribution in [0.25, 0.3) is 10.2 Å². The van der Waals surface area contributed by atoms with E-state index in [9.17, 15) is 13.2 Å². The Hall–Kier alpha value is -3.43. The van der Waals surface area contributed by atoms with Crippen molar-refractivity contribution in [2.24, 2.45) is 12.0 Å². The highest BCUT2D eigenvalue weighted by atomic mass is 32.2. The monoisotopic (exact) mass is 467 g/mol. The third-order valence-electron chi connectivity index (χ3n) is 4.93. The predicted molar refractivity (Wildman–Crippen MR) is 126 cm³/mol. The summed E-state index contributed by atoms with van der Waals surface area (Å²) in [5.74, 6) is 0.327. The Morgan fingerprint density at radius 3 is 2.38 bits per heavy atom. The molecule has 4 rings (SSSR count). The van der Waals surface area contributed by atoms with E-state index in [0.717, 1.165) is 21.5 Å². The minimum Gasteiger partial charge on any atom is -0.497 e. The van der Waals surface area contributed by atoms with E-state index in [1.54, 1.807) is 55.6 Å². The molecule has 0 spiro atoms. The van der Waals surface area contributed by atoms with E-state index in [1.165, 1.54) is 11.3 Å². The first-order chi connectivity index (χ1) is 15.3. The second-order valence-corrected chi connectivity index (χ2v) is 9.88. The Kier molecular flexibility index (Phi) is 5.86. The van der Waals surface area contributed by atoms with Crippen LogP contribution in [-0.4, -0.2) is 26.0 Å². The van der Waals surface area contributed by atoms with Crippen molar-refractivity contribution < 1.29 is 17.9 Å². The number of hydrogen-bond acceptors (Lipinski definition) is 5. The molecule has 3 aromatic carbocycles. The number of carbonyl (C=O) groups is 1. The number of aryl methyl sites for hydroxylation is 2. The molecule has 0 bridgehead atoms. The number of anilines is 1. The molecular formula is C23H21N3O4S2. The van der Waals surface area contributed by atoms with Crippen LogP contribution in [0.3, 0.4) is 0 Å². The maximum Gasteiger partial charge on any atom is 0.279 e. The molecule has 0 radical (unpaired) electrons. The van der Waals surface area contributed by atoms with Crippen LogP contribution in [0.1, 0.15) is 15.9 Å². The SMILES string of the molecule is COc1ccc2c(c1)sc(=NC(=O)c1ccc(NS(=O)(=O)c3ccc(C)cc3)cc1)n2C. The van der Waals surface area contributed by atoms with Gasteiger partial charge in [0.25, 0.3) is 15.9 Å². The summed E-state index contributed by atoms with van der Waals surface area (Å²) in [6.07, 6.45) is 0. The van der Waals surface area contributed by atoms with E-state index in [2.05, 4.69) is 9.71 Å². The van der Waals surface area contributed by atoms with Gasteiger partial charge in [0, 0.05) is 18.3 Å². The molecule has 0 aliphatic carbocycles. The fourth-order valence-corrected chi connectivity index (χ4v) is 5.22. The van der Waals surface area contributed by atoms with Crippen molar-refractivity contribution in [3.05, 3.63) is 82.7 Å². The number of amides is 1. The number of thiazole rings is 1. The number of nitrogens with zero attached hydrogens (tertiary/aromatic N) is 2. The normalized spacial score (nSPS) is 12.2. The van der Waals surface area contributed by atoms with Gasteiger partial charge >= 0.3 is 0 Å². The van der Waals surface area contributed by atoms with Crippen LogP contribution >= 0.6 is 11.3 Å². The van der Waals surface area contributed by atoms with Crippen molar-refractivity contribution in [2.75, 3.05) is 11.8 Å². The van der Waals surface area contributed by atoms with Crippen molar-refractivity contribution in [3.8, 4) is 5.75 Å². The van der Waals surface area contributed by atoms with Crippen LogP contribution in [0.5, 0.6) is 5.75 Å². The average Bonchev–Trinajstić information content (AvgIpc) is 3.08. The molecule has 1 aromatic heterocycles. The maximum absolute atomic E-state index is 12.7. The molecule has 0 unspecified atom stereocenters. The summed E-state index contributed by atoms with van der Waals surface area (Å²) in [6, 6.07) is 18.4. The molecular weight excluding hydrogens is 446 g/mol. The van der Waals surface area contributed by atoms with Crippen LogP contribution in [-0.2, 0) is 17.1 Å². The first-order valence-electron chi connectivity index (χ1n) is 9.69. The molecule has 164 valence electrons. The molecule has 0 saturated heterocycles. The Balaban J connectivity index is 1.56. The Morgan fingerprint density at radius 1 is 1.03 bits per heavy atom. The van der Waals surface area contributed by atoms with Gasteiger partial charge in [0.2, 0.25) is 0 Å². The van der Waals surface area contributed by atoms with E-state index in [0.29, 0.717) is 16.1 Å². The van der Waals surface area contributed by atoms with Crippen LogP contribution < -0.4 is 14.3 Å². The van der Waals surface area contributed by atoms with Gasteiger partial charge in [0.05, 0.1) is 22.2 Å². The molecule has 0 aliphatic rings. The summed E-state index contributed by atoms with van der Waals surface area (Å²) in [7, 11) is -0.255. The molecule has 1 amide bonds. The minimum absolute atomic E-state index is 0.173. The third kappa shape index (κ3) is 4.44. The number of rotatable bonds is 5. The van der Waals surface area contributed by atoms with Crippen LogP contribution in [0.2, 0.25) is 0 Å². The van der Waals surface area contributed by atoms with Crippen molar-refractivity contribution >= 4 is 43.2 Å². The summed E-state index contributed by atoms with van der Waals surface area (Å²) >= 11 is 1.39. The molecule has 1 N–H and O–H groups in total. The number of aromatic nitrogens is 1. The fourth-order valence-electron chi connectivity index (χ4n) is 3.11. The maximum atomic E-state index is 12.7. The van der Waals surface area contributed by atoms with Crippen molar-refractivity contribution in [2.45, 2.75) is 11.8 Å². The second kappa shape index (κ2) is 8.60. The first kappa shape index (κ1) is 21.8. The fraction of sp³-hybridized carbons (Fsp3) is 0.130. The molecule has 0 aliphatic heterocycles. The smallest absolute Gasteiger partial charge is 0.279 e. The summed E-state index contributed by atoms with van der Waals surface area (Å²) in [4.78, 5) is 17.7. The molecule has 32 heavy (non-hydrogen) atoms. The van der Waals surface area contributed by atoms with Gasteiger partial charge in [-0.05, 0) is 61.5 Å². The standard InChI is InChI=1S/C23H21N3O4S2/c1-15-4-11-19(12-5-15)32(28,29)25-17-8-6-16(7-9-17)22(27)24-23-26(2)20-13-10-18(30-3)14-21(20)31-23/h4-14,25H,1-3H3. The topological polar surface area (TPSA) is 89.8 Å². The largest absolute Gasteiger partial charge is 0.497 e. The summed E-state index contributed by atoms with van der Waals surface area (Å²) in [5, 5.41) is 0. The highest BCUT2D eigenvalue weighted by Crippen LogP contribution is 2.23. The lowest BCUT2D eigenvalue weighted by atomic mass is 10.2. The summed E-state index contributed by atoms with van der Waals surface area (Å²) in [6.45, 7) is 1.89. The van der Waals surface area contributed by atoms with Gasteiger partial charge in [-0.2, -0.15) is 4.99 Å². The number of nitrogens with one attached hydrogen (secondary N) is 1. The van der Waals surface area contributed by atoms with Crippen LogP contribution in [0.4, 0.5) is 5.69 Å². The Bertz CT molecular complexity index is 1470. The lowest BCUT2D eigenvalue weighted by Gasteiger charge is -2.08. The minimum atomic E-state index is -3.71. The van der Waals surface area contributed by atoms with Gasteiger partial charge < -0.3 is 9.30 Å². The molecule has 1 heterocycles. The van der Waals surface area contributed by atoms with Gasteiger partial charge in [0.15, 0.2) is 4.80 Å². The highest BCUT2D eigenvalue weighted by Gasteiger charge is 2.14. The predicted octanol–water partition coefficient (Wildman–Crippen LogP) is 4.10. The van der Waals surface area contributed by atoms with Gasteiger partial charge in [0.1, 0.15) is 5.75 Å². The van der Waals surface area contributed by atoms with Crippen molar-refractivity contribution in [1.29, 1.82) is 0 Å². The van der Waals surface area contributed by atoms with Crippen molar-refractivity contribution in [1.82, 2.24) is 4.57 Å². The molecule has 7 nitrogen and oxygen atoms in total. The quantitative estimate of drug-likeness (QED) is 0.479. The lowest BCUT2D eigenvalue weighted by Crippen LogP contribution is -2.14. The zero-order valence-corrected chi connectivity index (χ0v) is 19.3. The van der Waals surface area contributed by atoms with E-state index < -0.39 is 15.9 Å². The summed E-state index contributed by atoms with van der Waals surface area (Å²) in [5.41, 5.74) is 2.64.